The number of carbonyl (C=O) groups excluding carboxylic acids is 1. The number of ether oxygens (including phenoxy) is 1. The summed E-state index contributed by atoms with van der Waals surface area (Å²) >= 11 is 1.63. The minimum absolute atomic E-state index is 0.0148. The minimum Gasteiger partial charge on any atom is -0.508 e. The Kier molecular flexibility index (Phi) is 4.08. The van der Waals surface area contributed by atoms with Crippen molar-refractivity contribution in [2.24, 2.45) is 5.41 Å². The highest BCUT2D eigenvalue weighted by Crippen LogP contribution is 2.49. The van der Waals surface area contributed by atoms with Crippen molar-refractivity contribution in [2.45, 2.75) is 26.7 Å². The van der Waals surface area contributed by atoms with Crippen LogP contribution in [0.5, 0.6) is 5.75 Å². The van der Waals surface area contributed by atoms with E-state index in [0.29, 0.717) is 6.42 Å². The van der Waals surface area contributed by atoms with Crippen LogP contribution in [0.3, 0.4) is 0 Å². The highest BCUT2D eigenvalue weighted by Gasteiger charge is 2.36. The van der Waals surface area contributed by atoms with Crippen LogP contribution in [0.2, 0.25) is 0 Å². The van der Waals surface area contributed by atoms with Crippen LogP contribution in [0.25, 0.3) is 11.1 Å². The molecule has 1 aromatic heterocycles. The first-order chi connectivity index (χ1) is 11.9. The van der Waals surface area contributed by atoms with Gasteiger partial charge in [-0.05, 0) is 35.1 Å². The molecule has 2 heterocycles. The molecule has 2 aromatic rings. The van der Waals surface area contributed by atoms with E-state index in [1.807, 2.05) is 12.1 Å². The first-order valence-corrected chi connectivity index (χ1v) is 9.57. The quantitative estimate of drug-likeness (QED) is 0.879. The summed E-state index contributed by atoms with van der Waals surface area (Å²) in [6.07, 6.45) is 1.52. The van der Waals surface area contributed by atoms with Crippen LogP contribution in [0.15, 0.2) is 24.3 Å². The van der Waals surface area contributed by atoms with E-state index in [1.165, 1.54) is 16.1 Å². The van der Waals surface area contributed by atoms with E-state index in [0.717, 1.165) is 43.2 Å². The van der Waals surface area contributed by atoms with Crippen LogP contribution >= 0.6 is 11.3 Å². The van der Waals surface area contributed by atoms with Gasteiger partial charge in [-0.2, -0.15) is 0 Å². The predicted octanol–water partition coefficient (Wildman–Crippen LogP) is 4.11. The predicted molar refractivity (Wildman–Crippen MR) is 101 cm³/mol. The molecule has 0 radical (unpaired) electrons. The topological polar surface area (TPSA) is 49.8 Å². The molecule has 1 N–H and O–H groups in total. The lowest BCUT2D eigenvalue weighted by atomic mass is 9.75. The molecule has 1 fully saturated rings. The smallest absolute Gasteiger partial charge is 0.173 e. The number of ketones is 1. The number of phenolic OH excluding ortho intramolecular Hbond substituents is 1. The van der Waals surface area contributed by atoms with Crippen molar-refractivity contribution in [1.82, 2.24) is 0 Å². The van der Waals surface area contributed by atoms with Crippen LogP contribution in [0.4, 0.5) is 5.00 Å². The molecule has 1 aliphatic carbocycles. The number of carbonyl (C=O) groups is 1. The Morgan fingerprint density at radius 3 is 2.48 bits per heavy atom. The largest absolute Gasteiger partial charge is 0.508 e. The van der Waals surface area contributed by atoms with Crippen LogP contribution in [0, 0.1) is 5.41 Å². The van der Waals surface area contributed by atoms with Crippen molar-refractivity contribution in [3.05, 3.63) is 34.7 Å². The molecule has 1 saturated heterocycles. The fourth-order valence-electron chi connectivity index (χ4n) is 3.82. The van der Waals surface area contributed by atoms with Crippen molar-refractivity contribution in [2.75, 3.05) is 31.2 Å². The summed E-state index contributed by atoms with van der Waals surface area (Å²) in [4.78, 5) is 16.0. The number of hydrogen-bond acceptors (Lipinski definition) is 5. The summed E-state index contributed by atoms with van der Waals surface area (Å²) in [7, 11) is 0. The SMILES string of the molecule is CC1(C)CC(=O)c2sc(N3CCOCC3)c(-c3ccc(O)cc3)c2C1. The van der Waals surface area contributed by atoms with Crippen molar-refractivity contribution in [3.63, 3.8) is 0 Å². The Morgan fingerprint density at radius 2 is 1.80 bits per heavy atom. The third kappa shape index (κ3) is 3.07. The number of phenols is 1. The van der Waals surface area contributed by atoms with Crippen LogP contribution in [-0.2, 0) is 11.2 Å². The number of fused-ring (bicyclic) bond motifs is 1. The number of morpholine rings is 1. The Morgan fingerprint density at radius 1 is 1.12 bits per heavy atom. The van der Waals surface area contributed by atoms with Gasteiger partial charge in [0.15, 0.2) is 5.78 Å². The summed E-state index contributed by atoms with van der Waals surface area (Å²) in [5, 5.41) is 10.8. The monoisotopic (exact) mass is 357 g/mol. The van der Waals surface area contributed by atoms with Gasteiger partial charge in [-0.25, -0.2) is 0 Å². The molecule has 5 heteroatoms. The van der Waals surface area contributed by atoms with E-state index in [9.17, 15) is 9.90 Å². The van der Waals surface area contributed by atoms with E-state index in [-0.39, 0.29) is 16.9 Å². The zero-order valence-electron chi connectivity index (χ0n) is 14.7. The fraction of sp³-hybridized carbons (Fsp3) is 0.450. The average molecular weight is 357 g/mol. The van der Waals surface area contributed by atoms with Gasteiger partial charge >= 0.3 is 0 Å². The van der Waals surface area contributed by atoms with Gasteiger partial charge in [0, 0.05) is 25.1 Å². The summed E-state index contributed by atoms with van der Waals surface area (Å²) in [5.74, 6) is 0.521. The maximum atomic E-state index is 12.8. The van der Waals surface area contributed by atoms with Gasteiger partial charge in [0.05, 0.1) is 23.1 Å². The van der Waals surface area contributed by atoms with E-state index < -0.39 is 0 Å². The number of anilines is 1. The molecule has 2 aliphatic rings. The van der Waals surface area contributed by atoms with E-state index in [2.05, 4.69) is 18.7 Å². The zero-order chi connectivity index (χ0) is 17.6. The molecule has 0 unspecified atom stereocenters. The summed E-state index contributed by atoms with van der Waals surface area (Å²) in [5.41, 5.74) is 3.41. The van der Waals surface area contributed by atoms with Gasteiger partial charge in [0.1, 0.15) is 5.75 Å². The maximum Gasteiger partial charge on any atom is 0.173 e. The third-order valence-corrected chi connectivity index (χ3v) is 6.32. The maximum absolute atomic E-state index is 12.8. The third-order valence-electron chi connectivity index (χ3n) is 4.99. The highest BCUT2D eigenvalue weighted by atomic mass is 32.1. The normalized spacial score (nSPS) is 19.8. The lowest BCUT2D eigenvalue weighted by Crippen LogP contribution is -2.36. The second-order valence-electron chi connectivity index (χ2n) is 7.68. The molecule has 0 bridgehead atoms. The van der Waals surface area contributed by atoms with E-state index in [1.54, 1.807) is 23.5 Å². The molecule has 0 amide bonds. The fourth-order valence-corrected chi connectivity index (χ4v) is 5.15. The first kappa shape index (κ1) is 16.6. The number of hydrogen-bond donors (Lipinski definition) is 1. The van der Waals surface area contributed by atoms with Gasteiger partial charge in [0.25, 0.3) is 0 Å². The van der Waals surface area contributed by atoms with Gasteiger partial charge in [0.2, 0.25) is 0 Å². The van der Waals surface area contributed by atoms with Gasteiger partial charge < -0.3 is 14.7 Å². The van der Waals surface area contributed by atoms with E-state index >= 15 is 0 Å². The molecule has 4 rings (SSSR count). The summed E-state index contributed by atoms with van der Waals surface area (Å²) in [6.45, 7) is 7.47. The number of benzene rings is 1. The molecular weight excluding hydrogens is 334 g/mol. The van der Waals surface area contributed by atoms with E-state index in [4.69, 9.17) is 4.74 Å². The number of aromatic hydroxyl groups is 1. The standard InChI is InChI=1S/C20H23NO3S/c1-20(2)11-15-17(13-3-5-14(22)6-4-13)19(21-7-9-24-10-8-21)25-18(15)16(23)12-20/h3-6,22H,7-12H2,1-2H3. The Balaban J connectivity index is 1.89. The summed E-state index contributed by atoms with van der Waals surface area (Å²) in [6, 6.07) is 7.35. The summed E-state index contributed by atoms with van der Waals surface area (Å²) < 4.78 is 5.50. The molecule has 0 spiro atoms. The van der Waals surface area contributed by atoms with Crippen molar-refractivity contribution in [3.8, 4) is 16.9 Å². The first-order valence-electron chi connectivity index (χ1n) is 8.75. The molecule has 1 aliphatic heterocycles. The minimum atomic E-state index is -0.0148. The Hall–Kier alpha value is -1.85. The molecule has 0 saturated carbocycles. The van der Waals surface area contributed by atoms with Crippen LogP contribution in [0.1, 0.15) is 35.5 Å². The number of rotatable bonds is 2. The number of nitrogens with zero attached hydrogens (tertiary/aromatic N) is 1. The van der Waals surface area contributed by atoms with Gasteiger partial charge in [-0.3, -0.25) is 4.79 Å². The zero-order valence-corrected chi connectivity index (χ0v) is 15.5. The lowest BCUT2D eigenvalue weighted by molar-refractivity contribution is 0.0918. The van der Waals surface area contributed by atoms with Crippen molar-refractivity contribution >= 4 is 22.1 Å². The Labute approximate surface area is 152 Å². The molecular formula is C20H23NO3S. The second-order valence-corrected chi connectivity index (χ2v) is 8.68. The molecule has 0 atom stereocenters. The average Bonchev–Trinajstić information content (AvgIpc) is 2.95. The number of thiophene rings is 1. The molecule has 1 aromatic carbocycles. The Bertz CT molecular complexity index is 801. The van der Waals surface area contributed by atoms with Crippen molar-refractivity contribution < 1.29 is 14.6 Å². The van der Waals surface area contributed by atoms with Crippen LogP contribution < -0.4 is 4.90 Å². The molecule has 132 valence electrons. The van der Waals surface area contributed by atoms with Gasteiger partial charge in [-0.1, -0.05) is 26.0 Å². The number of Topliss-reactive ketones (excluding diaryl/α,β-unsaturated/α-hetero) is 1. The molecule has 25 heavy (non-hydrogen) atoms. The van der Waals surface area contributed by atoms with Crippen LogP contribution in [-0.4, -0.2) is 37.2 Å². The highest BCUT2D eigenvalue weighted by molar-refractivity contribution is 7.19. The van der Waals surface area contributed by atoms with Crippen molar-refractivity contribution in [1.29, 1.82) is 0 Å². The lowest BCUT2D eigenvalue weighted by Gasteiger charge is -2.30. The van der Waals surface area contributed by atoms with Gasteiger partial charge in [-0.15, -0.1) is 11.3 Å². The second kappa shape index (κ2) is 6.15. The molecule has 4 nitrogen and oxygen atoms in total.